The fraction of sp³-hybridized carbons (Fsp3) is 0.333. The van der Waals surface area contributed by atoms with E-state index in [0.29, 0.717) is 5.13 Å². The Balaban J connectivity index is 1.86. The number of amides is 1. The number of hydrogen-bond donors (Lipinski definition) is 2. The van der Waals surface area contributed by atoms with E-state index in [0.717, 1.165) is 40.2 Å². The van der Waals surface area contributed by atoms with Gasteiger partial charge in [-0.25, -0.2) is 4.98 Å². The smallest absolute Gasteiger partial charge is 0.227 e. The summed E-state index contributed by atoms with van der Waals surface area (Å²) in [5.74, 6) is 0.351. The van der Waals surface area contributed by atoms with Crippen LogP contribution in [0.25, 0.3) is 11.3 Å². The summed E-state index contributed by atoms with van der Waals surface area (Å²) in [4.78, 5) is 17.3. The number of hydrogen-bond acceptors (Lipinski definition) is 4. The molecule has 0 saturated heterocycles. The largest absolute Gasteiger partial charge is 0.375 e. The average Bonchev–Trinajstić information content (AvgIpc) is 3.18. The Morgan fingerprint density at radius 1 is 1.40 bits per heavy atom. The van der Waals surface area contributed by atoms with Crippen molar-refractivity contribution >= 4 is 28.1 Å². The lowest BCUT2D eigenvalue weighted by Crippen LogP contribution is -2.14. The standard InChI is InChI=1S/C15H17N3OS/c1-8-7-11(13-9(2)20-15(16)18-13)5-6-12(8)17-14(19)10-3-4-10/h5-7,10H,3-4H2,1-2H3,(H2,16,18)(H,17,19). The van der Waals surface area contributed by atoms with E-state index in [1.54, 1.807) is 0 Å². The number of carbonyl (C=O) groups excluding carboxylic acids is 1. The molecule has 1 amide bonds. The van der Waals surface area contributed by atoms with Crippen LogP contribution in [0.4, 0.5) is 10.8 Å². The third-order valence-electron chi connectivity index (χ3n) is 3.52. The molecule has 5 heteroatoms. The average molecular weight is 287 g/mol. The van der Waals surface area contributed by atoms with Crippen LogP contribution in [0.3, 0.4) is 0 Å². The number of nitrogen functional groups attached to an aromatic ring is 1. The molecule has 20 heavy (non-hydrogen) atoms. The number of aryl methyl sites for hydroxylation is 2. The molecule has 4 nitrogen and oxygen atoms in total. The van der Waals surface area contributed by atoms with Crippen LogP contribution in [0.15, 0.2) is 18.2 Å². The summed E-state index contributed by atoms with van der Waals surface area (Å²) >= 11 is 1.49. The molecule has 0 spiro atoms. The fourth-order valence-electron chi connectivity index (χ4n) is 2.22. The van der Waals surface area contributed by atoms with Gasteiger partial charge in [0.2, 0.25) is 5.91 Å². The maximum absolute atomic E-state index is 11.8. The van der Waals surface area contributed by atoms with Crippen LogP contribution >= 0.6 is 11.3 Å². The van der Waals surface area contributed by atoms with E-state index in [1.807, 2.05) is 32.0 Å². The summed E-state index contributed by atoms with van der Waals surface area (Å²) in [5.41, 5.74) is 9.63. The molecule has 2 aromatic rings. The first-order valence-electron chi connectivity index (χ1n) is 6.69. The number of anilines is 2. The molecule has 1 heterocycles. The summed E-state index contributed by atoms with van der Waals surface area (Å²) in [6.45, 7) is 4.01. The maximum Gasteiger partial charge on any atom is 0.227 e. The lowest BCUT2D eigenvalue weighted by molar-refractivity contribution is -0.117. The van der Waals surface area contributed by atoms with E-state index in [9.17, 15) is 4.79 Å². The number of nitrogens with zero attached hydrogens (tertiary/aromatic N) is 1. The Morgan fingerprint density at radius 2 is 2.15 bits per heavy atom. The molecular formula is C15H17N3OS. The van der Waals surface area contributed by atoms with Gasteiger partial charge >= 0.3 is 0 Å². The lowest BCUT2D eigenvalue weighted by Gasteiger charge is -2.09. The van der Waals surface area contributed by atoms with Crippen LogP contribution in [0.1, 0.15) is 23.3 Å². The zero-order valence-corrected chi connectivity index (χ0v) is 12.4. The van der Waals surface area contributed by atoms with E-state index in [-0.39, 0.29) is 11.8 Å². The molecule has 3 N–H and O–H groups in total. The van der Waals surface area contributed by atoms with Gasteiger partial charge in [0, 0.05) is 22.0 Å². The monoisotopic (exact) mass is 287 g/mol. The zero-order chi connectivity index (χ0) is 14.3. The van der Waals surface area contributed by atoms with Crippen LogP contribution < -0.4 is 11.1 Å². The third kappa shape index (κ3) is 2.54. The molecule has 104 valence electrons. The van der Waals surface area contributed by atoms with Gasteiger partial charge in [0.1, 0.15) is 0 Å². The Kier molecular flexibility index (Phi) is 3.22. The number of benzene rings is 1. The predicted molar refractivity (Wildman–Crippen MR) is 82.8 cm³/mol. The summed E-state index contributed by atoms with van der Waals surface area (Å²) in [7, 11) is 0. The second-order valence-electron chi connectivity index (χ2n) is 5.25. The SMILES string of the molecule is Cc1cc(-c2nc(N)sc2C)ccc1NC(=O)C1CC1. The lowest BCUT2D eigenvalue weighted by atomic mass is 10.1. The second-order valence-corrected chi connectivity index (χ2v) is 6.48. The minimum atomic E-state index is 0.134. The summed E-state index contributed by atoms with van der Waals surface area (Å²) < 4.78 is 0. The highest BCUT2D eigenvalue weighted by atomic mass is 32.1. The van der Waals surface area contributed by atoms with E-state index in [4.69, 9.17) is 5.73 Å². The van der Waals surface area contributed by atoms with Gasteiger partial charge in [-0.2, -0.15) is 0 Å². The van der Waals surface area contributed by atoms with Gasteiger partial charge in [0.15, 0.2) is 5.13 Å². The number of thiazole rings is 1. The zero-order valence-electron chi connectivity index (χ0n) is 11.6. The number of carbonyl (C=O) groups is 1. The van der Waals surface area contributed by atoms with Gasteiger partial charge in [0.05, 0.1) is 5.69 Å². The molecular weight excluding hydrogens is 270 g/mol. The highest BCUT2D eigenvalue weighted by Gasteiger charge is 2.29. The predicted octanol–water partition coefficient (Wildman–Crippen LogP) is 3.36. The van der Waals surface area contributed by atoms with Crippen molar-refractivity contribution in [1.29, 1.82) is 0 Å². The highest BCUT2D eigenvalue weighted by molar-refractivity contribution is 7.15. The minimum absolute atomic E-state index is 0.134. The van der Waals surface area contributed by atoms with Crippen molar-refractivity contribution in [3.63, 3.8) is 0 Å². The summed E-state index contributed by atoms with van der Waals surface area (Å²) in [6.07, 6.45) is 2.03. The number of nitrogens with one attached hydrogen (secondary N) is 1. The molecule has 0 bridgehead atoms. The Bertz CT molecular complexity index is 674. The van der Waals surface area contributed by atoms with E-state index >= 15 is 0 Å². The minimum Gasteiger partial charge on any atom is -0.375 e. The van der Waals surface area contributed by atoms with Gasteiger partial charge in [0.25, 0.3) is 0 Å². The number of rotatable bonds is 3. The molecule has 1 saturated carbocycles. The van der Waals surface area contributed by atoms with Crippen molar-refractivity contribution in [1.82, 2.24) is 4.98 Å². The molecule has 0 atom stereocenters. The molecule has 0 unspecified atom stereocenters. The van der Waals surface area contributed by atoms with Gasteiger partial charge in [-0.1, -0.05) is 6.07 Å². The Morgan fingerprint density at radius 3 is 2.70 bits per heavy atom. The highest BCUT2D eigenvalue weighted by Crippen LogP contribution is 2.33. The van der Waals surface area contributed by atoms with Crippen LogP contribution in [0.2, 0.25) is 0 Å². The Hall–Kier alpha value is -1.88. The first kappa shape index (κ1) is 13.1. The van der Waals surface area contributed by atoms with Crippen molar-refractivity contribution < 1.29 is 4.79 Å². The summed E-state index contributed by atoms with van der Waals surface area (Å²) in [6, 6.07) is 5.97. The van der Waals surface area contributed by atoms with Crippen molar-refractivity contribution in [3.8, 4) is 11.3 Å². The molecule has 3 rings (SSSR count). The number of nitrogens with two attached hydrogens (primary N) is 1. The van der Waals surface area contributed by atoms with E-state index < -0.39 is 0 Å². The van der Waals surface area contributed by atoms with Crippen LogP contribution in [-0.4, -0.2) is 10.9 Å². The molecule has 1 aromatic heterocycles. The molecule has 1 fully saturated rings. The first-order chi connectivity index (χ1) is 9.54. The van der Waals surface area contributed by atoms with Crippen molar-refractivity contribution in [3.05, 3.63) is 28.6 Å². The van der Waals surface area contributed by atoms with Crippen molar-refractivity contribution in [2.75, 3.05) is 11.1 Å². The maximum atomic E-state index is 11.8. The Labute approximate surface area is 122 Å². The van der Waals surface area contributed by atoms with Crippen LogP contribution in [-0.2, 0) is 4.79 Å². The topological polar surface area (TPSA) is 68.0 Å². The normalized spacial score (nSPS) is 14.3. The quantitative estimate of drug-likeness (QED) is 0.909. The first-order valence-corrected chi connectivity index (χ1v) is 7.51. The molecule has 0 radical (unpaired) electrons. The molecule has 0 aliphatic heterocycles. The number of aromatic nitrogens is 1. The molecule has 1 aliphatic rings. The van der Waals surface area contributed by atoms with Gasteiger partial charge in [-0.05, 0) is 44.4 Å². The molecule has 1 aliphatic carbocycles. The second kappa shape index (κ2) is 4.90. The van der Waals surface area contributed by atoms with Gasteiger partial charge in [-0.3, -0.25) is 4.79 Å². The van der Waals surface area contributed by atoms with E-state index in [1.165, 1.54) is 11.3 Å². The van der Waals surface area contributed by atoms with Crippen LogP contribution in [0.5, 0.6) is 0 Å². The third-order valence-corrected chi connectivity index (χ3v) is 4.32. The fourth-order valence-corrected chi connectivity index (χ4v) is 2.93. The van der Waals surface area contributed by atoms with Gasteiger partial charge in [-0.15, -0.1) is 11.3 Å². The van der Waals surface area contributed by atoms with E-state index in [2.05, 4.69) is 10.3 Å². The molecule has 1 aromatic carbocycles. The van der Waals surface area contributed by atoms with Crippen LogP contribution in [0, 0.1) is 19.8 Å². The van der Waals surface area contributed by atoms with Crippen molar-refractivity contribution in [2.24, 2.45) is 5.92 Å². The van der Waals surface area contributed by atoms with Gasteiger partial charge < -0.3 is 11.1 Å². The van der Waals surface area contributed by atoms with Crippen molar-refractivity contribution in [2.45, 2.75) is 26.7 Å². The summed E-state index contributed by atoms with van der Waals surface area (Å²) in [5, 5.41) is 3.57.